The zero-order valence-corrected chi connectivity index (χ0v) is 23.4. The van der Waals surface area contributed by atoms with Crippen molar-refractivity contribution in [3.05, 3.63) is 125 Å². The maximum Gasteiger partial charge on any atom is 0.432 e. The Morgan fingerprint density at radius 3 is 1.70 bits per heavy atom. The number of hydrogen-bond acceptors (Lipinski definition) is 3. The number of unbranched alkanes of at least 4 members (excludes halogenated alkanes) is 2. The molecule has 0 saturated heterocycles. The Bertz CT molecular complexity index is 1710. The Labute approximate surface area is 249 Å². The van der Waals surface area contributed by atoms with Gasteiger partial charge in [-0.2, -0.15) is 8.78 Å². The number of aryl methyl sites for hydroxylation is 1. The number of alkyl halides is 2. The second kappa shape index (κ2) is 12.9. The first-order valence-electron chi connectivity index (χ1n) is 13.8. The molecule has 0 aliphatic heterocycles. The minimum atomic E-state index is -4.67. The summed E-state index contributed by atoms with van der Waals surface area (Å²) in [6, 6.07) is 16.2. The van der Waals surface area contributed by atoms with Crippen molar-refractivity contribution in [2.45, 2.75) is 38.7 Å². The molecule has 0 radical (unpaired) electrons. The SMILES string of the molecule is CCCCCc1ccc(-c2cnc(-c3ccc(-c4cc(F)c(C(F)(F)Oc5cc(F)c(F)c(F)c5)c(F)c4)cc3)nc2)cc1. The van der Waals surface area contributed by atoms with E-state index in [4.69, 9.17) is 0 Å². The number of rotatable bonds is 10. The van der Waals surface area contributed by atoms with Crippen LogP contribution in [0.2, 0.25) is 0 Å². The zero-order valence-electron chi connectivity index (χ0n) is 23.4. The largest absolute Gasteiger partial charge is 0.432 e. The van der Waals surface area contributed by atoms with Gasteiger partial charge in [-0.05, 0) is 47.2 Å². The molecule has 0 spiro atoms. The summed E-state index contributed by atoms with van der Waals surface area (Å²) >= 11 is 0. The molecule has 0 fully saturated rings. The first kappa shape index (κ1) is 30.7. The summed E-state index contributed by atoms with van der Waals surface area (Å²) in [7, 11) is 0. The molecule has 10 heteroatoms. The minimum Gasteiger partial charge on any atom is -0.429 e. The standard InChI is InChI=1S/C34H25F7N2O/c1-2-3-4-5-20-6-8-22(9-7-20)25-18-42-33(43-19-25)23-12-10-21(11-13-23)24-14-27(35)31(28(36)15-24)34(40,41)44-26-16-29(37)32(39)30(38)17-26/h6-19H,2-5H2,1H3. The number of nitrogens with zero attached hydrogens (tertiary/aromatic N) is 2. The van der Waals surface area contributed by atoms with E-state index in [1.54, 1.807) is 24.5 Å². The van der Waals surface area contributed by atoms with Crippen molar-refractivity contribution in [2.75, 3.05) is 0 Å². The van der Waals surface area contributed by atoms with Crippen LogP contribution in [0.1, 0.15) is 37.3 Å². The molecule has 4 aromatic carbocycles. The first-order chi connectivity index (χ1) is 21.1. The molecular formula is C34H25F7N2O. The third kappa shape index (κ3) is 6.74. The van der Waals surface area contributed by atoms with Gasteiger partial charge in [-0.15, -0.1) is 0 Å². The number of aromatic nitrogens is 2. The van der Waals surface area contributed by atoms with Crippen molar-refractivity contribution in [2.24, 2.45) is 0 Å². The summed E-state index contributed by atoms with van der Waals surface area (Å²) in [5, 5.41) is 0. The summed E-state index contributed by atoms with van der Waals surface area (Å²) in [6.45, 7) is 2.17. The van der Waals surface area contributed by atoms with E-state index in [-0.39, 0.29) is 17.7 Å². The van der Waals surface area contributed by atoms with Gasteiger partial charge in [0.1, 0.15) is 22.9 Å². The lowest BCUT2D eigenvalue weighted by Gasteiger charge is -2.20. The normalized spacial score (nSPS) is 11.5. The smallest absolute Gasteiger partial charge is 0.429 e. The Hall–Kier alpha value is -4.73. The highest BCUT2D eigenvalue weighted by atomic mass is 19.3. The van der Waals surface area contributed by atoms with E-state index in [1.807, 2.05) is 12.1 Å². The van der Waals surface area contributed by atoms with Crippen molar-refractivity contribution in [3.8, 4) is 39.4 Å². The van der Waals surface area contributed by atoms with E-state index in [9.17, 15) is 30.7 Å². The molecule has 3 nitrogen and oxygen atoms in total. The van der Waals surface area contributed by atoms with Gasteiger partial charge in [-0.3, -0.25) is 0 Å². The maximum absolute atomic E-state index is 14.8. The van der Waals surface area contributed by atoms with E-state index in [0.29, 0.717) is 29.1 Å². The fourth-order valence-electron chi connectivity index (χ4n) is 4.69. The molecule has 0 saturated carbocycles. The summed E-state index contributed by atoms with van der Waals surface area (Å²) in [4.78, 5) is 8.86. The zero-order chi connectivity index (χ0) is 31.4. The molecule has 0 unspecified atom stereocenters. The lowest BCUT2D eigenvalue weighted by molar-refractivity contribution is -0.189. The van der Waals surface area contributed by atoms with Crippen LogP contribution in [0.4, 0.5) is 30.7 Å². The number of hydrogen-bond donors (Lipinski definition) is 0. The minimum absolute atomic E-state index is 0.0561. The average Bonchev–Trinajstić information content (AvgIpc) is 3.00. The Balaban J connectivity index is 1.31. The van der Waals surface area contributed by atoms with E-state index in [2.05, 4.69) is 33.8 Å². The van der Waals surface area contributed by atoms with Crippen LogP contribution in [0.15, 0.2) is 85.2 Å². The quantitative estimate of drug-likeness (QED) is 0.0897. The highest BCUT2D eigenvalue weighted by Crippen LogP contribution is 2.38. The fourth-order valence-corrected chi connectivity index (χ4v) is 4.69. The van der Waals surface area contributed by atoms with Gasteiger partial charge >= 0.3 is 6.11 Å². The van der Waals surface area contributed by atoms with Gasteiger partial charge in [0.25, 0.3) is 0 Å². The molecule has 0 aliphatic carbocycles. The van der Waals surface area contributed by atoms with Crippen molar-refractivity contribution < 1.29 is 35.5 Å². The highest BCUT2D eigenvalue weighted by Gasteiger charge is 2.41. The van der Waals surface area contributed by atoms with Crippen LogP contribution >= 0.6 is 0 Å². The molecule has 1 heterocycles. The molecule has 1 aromatic heterocycles. The Kier molecular flexibility index (Phi) is 8.98. The van der Waals surface area contributed by atoms with Crippen LogP contribution in [0.25, 0.3) is 33.6 Å². The average molecular weight is 611 g/mol. The van der Waals surface area contributed by atoms with Crippen molar-refractivity contribution in [1.82, 2.24) is 9.97 Å². The molecule has 44 heavy (non-hydrogen) atoms. The van der Waals surface area contributed by atoms with E-state index in [1.165, 1.54) is 30.5 Å². The van der Waals surface area contributed by atoms with Crippen LogP contribution in [0.3, 0.4) is 0 Å². The second-order valence-electron chi connectivity index (χ2n) is 10.2. The van der Waals surface area contributed by atoms with Gasteiger partial charge in [-0.1, -0.05) is 68.3 Å². The molecule has 0 atom stereocenters. The van der Waals surface area contributed by atoms with Crippen LogP contribution < -0.4 is 4.74 Å². The third-order valence-electron chi connectivity index (χ3n) is 7.02. The van der Waals surface area contributed by atoms with Crippen LogP contribution in [0, 0.1) is 29.1 Å². The van der Waals surface area contributed by atoms with Gasteiger partial charge < -0.3 is 4.74 Å². The summed E-state index contributed by atoms with van der Waals surface area (Å²) < 4.78 is 103. The number of benzene rings is 4. The molecule has 0 bridgehead atoms. The first-order valence-corrected chi connectivity index (χ1v) is 13.8. The molecule has 226 valence electrons. The molecule has 0 N–H and O–H groups in total. The summed E-state index contributed by atoms with van der Waals surface area (Å²) in [5.74, 6) is -9.59. The third-order valence-corrected chi connectivity index (χ3v) is 7.02. The Morgan fingerprint density at radius 1 is 0.614 bits per heavy atom. The number of ether oxygens (including phenoxy) is 1. The fraction of sp³-hybridized carbons (Fsp3) is 0.176. The van der Waals surface area contributed by atoms with E-state index < -0.39 is 46.5 Å². The van der Waals surface area contributed by atoms with Gasteiger partial charge in [0.15, 0.2) is 23.3 Å². The van der Waals surface area contributed by atoms with Crippen LogP contribution in [-0.2, 0) is 12.5 Å². The molecular weight excluding hydrogens is 585 g/mol. The van der Waals surface area contributed by atoms with Crippen LogP contribution in [0.5, 0.6) is 5.75 Å². The van der Waals surface area contributed by atoms with Crippen molar-refractivity contribution in [1.29, 1.82) is 0 Å². The lowest BCUT2D eigenvalue weighted by Crippen LogP contribution is -2.25. The summed E-state index contributed by atoms with van der Waals surface area (Å²) in [5.41, 5.74) is 2.18. The predicted octanol–water partition coefficient (Wildman–Crippen LogP) is 10.0. The molecule has 5 aromatic rings. The summed E-state index contributed by atoms with van der Waals surface area (Å²) in [6.07, 6.45) is 3.27. The topological polar surface area (TPSA) is 35.0 Å². The van der Waals surface area contributed by atoms with Crippen molar-refractivity contribution >= 4 is 0 Å². The van der Waals surface area contributed by atoms with Crippen LogP contribution in [-0.4, -0.2) is 9.97 Å². The molecule has 5 rings (SSSR count). The van der Waals surface area contributed by atoms with Gasteiger partial charge in [0.05, 0.1) is 0 Å². The van der Waals surface area contributed by atoms with E-state index in [0.717, 1.165) is 24.0 Å². The lowest BCUT2D eigenvalue weighted by atomic mass is 10.0. The van der Waals surface area contributed by atoms with E-state index >= 15 is 0 Å². The highest BCUT2D eigenvalue weighted by molar-refractivity contribution is 5.69. The predicted molar refractivity (Wildman–Crippen MR) is 152 cm³/mol. The monoisotopic (exact) mass is 610 g/mol. The second-order valence-corrected chi connectivity index (χ2v) is 10.2. The maximum atomic E-state index is 14.8. The molecule has 0 aliphatic rings. The number of halogens is 7. The van der Waals surface area contributed by atoms with Gasteiger partial charge in [0, 0.05) is 35.7 Å². The Morgan fingerprint density at radius 2 is 1.14 bits per heavy atom. The van der Waals surface area contributed by atoms with Gasteiger partial charge in [0.2, 0.25) is 0 Å². The molecule has 0 amide bonds. The van der Waals surface area contributed by atoms with Gasteiger partial charge in [-0.25, -0.2) is 31.9 Å². The van der Waals surface area contributed by atoms with Crippen molar-refractivity contribution in [3.63, 3.8) is 0 Å².